The van der Waals surface area contributed by atoms with Gasteiger partial charge in [-0.15, -0.1) is 0 Å². The highest BCUT2D eigenvalue weighted by molar-refractivity contribution is 6.33. The summed E-state index contributed by atoms with van der Waals surface area (Å²) in [4.78, 5) is 16.4. The maximum absolute atomic E-state index is 6.46. The summed E-state index contributed by atoms with van der Waals surface area (Å²) in [5.74, 6) is 1.58. The van der Waals surface area contributed by atoms with E-state index in [0.29, 0.717) is 17.6 Å². The molecular formula is C62H38N4O2. The smallest absolute Gasteiger partial charge is 0.238 e. The molecule has 6 nitrogen and oxygen atoms in total. The molecule has 0 saturated heterocycles. The van der Waals surface area contributed by atoms with Crippen molar-refractivity contribution in [2.75, 3.05) is 0 Å². The third-order valence-electron chi connectivity index (χ3n) is 14.7. The van der Waals surface area contributed by atoms with Crippen LogP contribution in [0.4, 0.5) is 0 Å². The molecule has 1 aliphatic rings. The number of para-hydroxylation sites is 3. The van der Waals surface area contributed by atoms with Gasteiger partial charge in [0.05, 0.1) is 11.0 Å². The highest BCUT2D eigenvalue weighted by atomic mass is 16.3. The van der Waals surface area contributed by atoms with Gasteiger partial charge in [-0.1, -0.05) is 166 Å². The summed E-state index contributed by atoms with van der Waals surface area (Å²) in [6.45, 7) is 4.69. The lowest BCUT2D eigenvalue weighted by molar-refractivity contribution is 0.660. The molecule has 10 aromatic carbocycles. The summed E-state index contributed by atoms with van der Waals surface area (Å²) in [5.41, 5.74) is 14.3. The molecule has 14 aromatic rings. The topological polar surface area (TPSA) is 69.9 Å². The van der Waals surface area contributed by atoms with E-state index in [1.54, 1.807) is 0 Å². The summed E-state index contributed by atoms with van der Waals surface area (Å²) in [6.07, 6.45) is 0. The standard InChI is InChI=1S/C62H38N4O2/c1-62(2)50-23-10-7-16-41(50)42-29-26-35(32-51(42)62)38-21-13-22-49-56-47-19-5-3-14-39(47)40-15-4-6-20-48(40)58(56)66(57(38)49)61-64-59(36-27-30-45-43-17-8-11-24-52(43)67-54(45)33-36)63-60(65-61)37-28-31-46-44-18-9-12-25-53(44)68-55(46)34-37/h3-34H,1-2H3. The molecule has 0 bridgehead atoms. The zero-order valence-electron chi connectivity index (χ0n) is 37.1. The zero-order chi connectivity index (χ0) is 44.8. The second-order valence-corrected chi connectivity index (χ2v) is 18.7. The lowest BCUT2D eigenvalue weighted by Gasteiger charge is -2.22. The number of fused-ring (bicyclic) bond motifs is 17. The summed E-state index contributed by atoms with van der Waals surface area (Å²) < 4.78 is 15.2. The number of rotatable bonds is 4. The Hall–Kier alpha value is -8.87. The Morgan fingerprint density at radius 3 is 1.53 bits per heavy atom. The summed E-state index contributed by atoms with van der Waals surface area (Å²) in [5, 5.41) is 11.2. The second-order valence-electron chi connectivity index (χ2n) is 18.7. The Bertz CT molecular complexity index is 4360. The summed E-state index contributed by atoms with van der Waals surface area (Å²) in [6, 6.07) is 69.0. The molecule has 0 fully saturated rings. The second kappa shape index (κ2) is 13.6. The Labute approximate surface area is 389 Å². The number of nitrogens with zero attached hydrogens (tertiary/aromatic N) is 4. The van der Waals surface area contributed by atoms with Gasteiger partial charge in [0.15, 0.2) is 11.6 Å². The van der Waals surface area contributed by atoms with Crippen LogP contribution in [0.3, 0.4) is 0 Å². The van der Waals surface area contributed by atoms with Gasteiger partial charge in [-0.05, 0) is 86.4 Å². The predicted molar refractivity (Wildman–Crippen MR) is 278 cm³/mol. The quantitative estimate of drug-likeness (QED) is 0.165. The minimum Gasteiger partial charge on any atom is -0.456 e. The van der Waals surface area contributed by atoms with Crippen LogP contribution in [0.15, 0.2) is 203 Å². The molecule has 0 radical (unpaired) electrons. The number of benzene rings is 10. The SMILES string of the molecule is CC1(C)c2ccccc2-c2ccc(-c3cccc4c5c6ccccc6c6ccccc6c5n(-c5nc(-c6ccc7c(c6)oc6ccccc67)nc(-c6ccc7c(c6)oc6ccccc67)n5)c34)cc21. The monoisotopic (exact) mass is 870 g/mol. The summed E-state index contributed by atoms with van der Waals surface area (Å²) in [7, 11) is 0. The third-order valence-corrected chi connectivity index (χ3v) is 14.7. The average Bonchev–Trinajstić information content (AvgIpc) is 4.12. The lowest BCUT2D eigenvalue weighted by Crippen LogP contribution is -2.14. The number of furan rings is 2. The lowest BCUT2D eigenvalue weighted by atomic mass is 9.81. The fourth-order valence-corrected chi connectivity index (χ4v) is 11.5. The maximum Gasteiger partial charge on any atom is 0.238 e. The molecule has 0 N–H and O–H groups in total. The van der Waals surface area contributed by atoms with Crippen molar-refractivity contribution < 1.29 is 8.83 Å². The highest BCUT2D eigenvalue weighted by Crippen LogP contribution is 2.51. The molecule has 15 rings (SSSR count). The van der Waals surface area contributed by atoms with E-state index in [-0.39, 0.29) is 5.41 Å². The summed E-state index contributed by atoms with van der Waals surface area (Å²) >= 11 is 0. The van der Waals surface area contributed by atoms with Gasteiger partial charge in [0.2, 0.25) is 5.95 Å². The molecule has 4 heterocycles. The first-order chi connectivity index (χ1) is 33.5. The largest absolute Gasteiger partial charge is 0.456 e. The zero-order valence-corrected chi connectivity index (χ0v) is 37.1. The van der Waals surface area contributed by atoms with Crippen molar-refractivity contribution in [2.24, 2.45) is 0 Å². The third kappa shape index (κ3) is 5.14. The normalized spacial score (nSPS) is 13.3. The Morgan fingerprint density at radius 2 is 0.853 bits per heavy atom. The molecule has 0 amide bonds. The van der Waals surface area contributed by atoms with Gasteiger partial charge in [0.25, 0.3) is 0 Å². The van der Waals surface area contributed by atoms with E-state index >= 15 is 0 Å². The van der Waals surface area contributed by atoms with Gasteiger partial charge >= 0.3 is 0 Å². The maximum atomic E-state index is 6.46. The molecule has 1 aliphatic carbocycles. The molecule has 0 spiro atoms. The first-order valence-corrected chi connectivity index (χ1v) is 23.2. The molecule has 6 heteroatoms. The van der Waals surface area contributed by atoms with Crippen LogP contribution in [0.1, 0.15) is 25.0 Å². The highest BCUT2D eigenvalue weighted by Gasteiger charge is 2.35. The molecule has 0 atom stereocenters. The first-order valence-electron chi connectivity index (χ1n) is 23.2. The van der Waals surface area contributed by atoms with Crippen molar-refractivity contribution in [2.45, 2.75) is 19.3 Å². The minimum atomic E-state index is -0.172. The van der Waals surface area contributed by atoms with Gasteiger partial charge in [-0.2, -0.15) is 9.97 Å². The van der Waals surface area contributed by atoms with Crippen LogP contribution in [-0.4, -0.2) is 19.5 Å². The van der Waals surface area contributed by atoms with Crippen LogP contribution in [-0.2, 0) is 5.41 Å². The first kappa shape index (κ1) is 37.4. The van der Waals surface area contributed by atoms with Gasteiger partial charge in [-0.25, -0.2) is 4.98 Å². The van der Waals surface area contributed by atoms with Gasteiger partial charge < -0.3 is 8.83 Å². The van der Waals surface area contributed by atoms with E-state index in [0.717, 1.165) is 93.3 Å². The Morgan fingerprint density at radius 1 is 0.353 bits per heavy atom. The molecule has 0 unspecified atom stereocenters. The minimum absolute atomic E-state index is 0.172. The molecule has 318 valence electrons. The molecular weight excluding hydrogens is 833 g/mol. The van der Waals surface area contributed by atoms with Crippen molar-refractivity contribution in [3.05, 3.63) is 205 Å². The van der Waals surface area contributed by atoms with E-state index in [9.17, 15) is 0 Å². The Balaban J connectivity index is 1.06. The van der Waals surface area contributed by atoms with Crippen molar-refractivity contribution in [3.8, 4) is 51.0 Å². The van der Waals surface area contributed by atoms with Crippen LogP contribution in [0, 0.1) is 0 Å². The fourth-order valence-electron chi connectivity index (χ4n) is 11.5. The fraction of sp³-hybridized carbons (Fsp3) is 0.0484. The van der Waals surface area contributed by atoms with Gasteiger partial charge in [0.1, 0.15) is 22.3 Å². The van der Waals surface area contributed by atoms with Crippen LogP contribution < -0.4 is 0 Å². The van der Waals surface area contributed by atoms with E-state index in [2.05, 4.69) is 176 Å². The number of hydrogen-bond donors (Lipinski definition) is 0. The van der Waals surface area contributed by atoms with Crippen LogP contribution in [0.25, 0.3) is 138 Å². The van der Waals surface area contributed by atoms with E-state index in [1.165, 1.54) is 38.4 Å². The van der Waals surface area contributed by atoms with Crippen molar-refractivity contribution in [1.29, 1.82) is 0 Å². The Kier molecular flexibility index (Phi) is 7.47. The van der Waals surface area contributed by atoms with Crippen LogP contribution in [0.2, 0.25) is 0 Å². The molecule has 0 aliphatic heterocycles. The van der Waals surface area contributed by atoms with E-state index < -0.39 is 0 Å². The molecule has 68 heavy (non-hydrogen) atoms. The molecule has 4 aromatic heterocycles. The van der Waals surface area contributed by atoms with E-state index in [4.69, 9.17) is 23.8 Å². The average molecular weight is 871 g/mol. The van der Waals surface area contributed by atoms with E-state index in [1.807, 2.05) is 36.4 Å². The van der Waals surface area contributed by atoms with Crippen molar-refractivity contribution in [3.63, 3.8) is 0 Å². The van der Waals surface area contributed by atoms with Gasteiger partial charge in [-0.3, -0.25) is 4.57 Å². The van der Waals surface area contributed by atoms with Crippen molar-refractivity contribution in [1.82, 2.24) is 19.5 Å². The van der Waals surface area contributed by atoms with Gasteiger partial charge in [0, 0.05) is 59.8 Å². The predicted octanol–water partition coefficient (Wildman–Crippen LogP) is 16.4. The number of hydrogen-bond acceptors (Lipinski definition) is 5. The number of aromatic nitrogens is 4. The van der Waals surface area contributed by atoms with Crippen molar-refractivity contribution >= 4 is 87.2 Å². The van der Waals surface area contributed by atoms with Crippen LogP contribution >= 0.6 is 0 Å². The molecule has 0 saturated carbocycles. The van der Waals surface area contributed by atoms with Crippen LogP contribution in [0.5, 0.6) is 0 Å².